The number of carbonyl (C=O) groups is 1. The molecule has 2 aromatic carbocycles. The van der Waals surface area contributed by atoms with Crippen LogP contribution >= 0.6 is 0 Å². The molecule has 24 heavy (non-hydrogen) atoms. The van der Waals surface area contributed by atoms with Gasteiger partial charge in [-0.1, -0.05) is 48.2 Å². The van der Waals surface area contributed by atoms with Crippen LogP contribution in [-0.2, 0) is 18.0 Å². The van der Waals surface area contributed by atoms with Gasteiger partial charge in [-0.3, -0.25) is 0 Å². The lowest BCUT2D eigenvalue weighted by molar-refractivity contribution is 0.140. The second-order valence-electron chi connectivity index (χ2n) is 5.34. The Balaban J connectivity index is 1.69. The largest absolute Gasteiger partial charge is 0.445 e. The first-order valence-electron chi connectivity index (χ1n) is 7.83. The molecule has 0 radical (unpaired) electrons. The summed E-state index contributed by atoms with van der Waals surface area (Å²) in [6.07, 6.45) is 0.102. The number of aliphatic hydroxyl groups is 1. The molecule has 1 amide bonds. The highest BCUT2D eigenvalue weighted by molar-refractivity contribution is 5.67. The third-order valence-electron chi connectivity index (χ3n) is 3.48. The Morgan fingerprint density at radius 2 is 2.00 bits per heavy atom. The van der Waals surface area contributed by atoms with E-state index in [1.807, 2.05) is 55.5 Å². The number of carbonyl (C=O) groups excluding carboxylic acids is 1. The van der Waals surface area contributed by atoms with E-state index in [9.17, 15) is 4.79 Å². The maximum absolute atomic E-state index is 11.6. The van der Waals surface area contributed by atoms with Crippen molar-refractivity contribution >= 4 is 6.09 Å². The number of hydrogen-bond acceptors (Lipinski definition) is 3. The van der Waals surface area contributed by atoms with Crippen LogP contribution in [0.3, 0.4) is 0 Å². The van der Waals surface area contributed by atoms with E-state index in [2.05, 4.69) is 17.2 Å². The van der Waals surface area contributed by atoms with Gasteiger partial charge >= 0.3 is 6.09 Å². The summed E-state index contributed by atoms with van der Waals surface area (Å²) >= 11 is 0. The summed E-state index contributed by atoms with van der Waals surface area (Å²) in [5.41, 5.74) is 3.78. The van der Waals surface area contributed by atoms with Gasteiger partial charge < -0.3 is 15.2 Å². The molecule has 0 fully saturated rings. The van der Waals surface area contributed by atoms with Crippen LogP contribution in [0.25, 0.3) is 0 Å². The van der Waals surface area contributed by atoms with Gasteiger partial charge in [-0.05, 0) is 35.7 Å². The molecule has 0 aliphatic carbocycles. The molecule has 4 heteroatoms. The molecule has 0 bridgehead atoms. The maximum atomic E-state index is 11.6. The summed E-state index contributed by atoms with van der Waals surface area (Å²) in [6.45, 7) is 2.68. The third kappa shape index (κ3) is 5.79. The highest BCUT2D eigenvalue weighted by atomic mass is 16.5. The fraction of sp³-hybridized carbons (Fsp3) is 0.250. The van der Waals surface area contributed by atoms with E-state index in [-0.39, 0.29) is 13.2 Å². The minimum absolute atomic E-state index is 0.0363. The van der Waals surface area contributed by atoms with Crippen LogP contribution in [0.5, 0.6) is 0 Å². The van der Waals surface area contributed by atoms with Crippen LogP contribution in [0, 0.1) is 18.8 Å². The third-order valence-corrected chi connectivity index (χ3v) is 3.48. The highest BCUT2D eigenvalue weighted by Gasteiger charge is 2.01. The van der Waals surface area contributed by atoms with E-state index in [0.29, 0.717) is 13.0 Å². The second-order valence-corrected chi connectivity index (χ2v) is 5.34. The SMILES string of the molecule is Cc1cc(C#CCCNC(=O)OCc2ccccc2)ccc1CO. The Bertz CT molecular complexity index is 730. The average Bonchev–Trinajstić information content (AvgIpc) is 2.61. The molecule has 124 valence electrons. The van der Waals surface area contributed by atoms with Crippen LogP contribution in [0.1, 0.15) is 28.7 Å². The zero-order valence-corrected chi connectivity index (χ0v) is 13.7. The van der Waals surface area contributed by atoms with Gasteiger partial charge in [0.05, 0.1) is 6.61 Å². The Hall–Kier alpha value is -2.77. The fourth-order valence-electron chi connectivity index (χ4n) is 2.12. The van der Waals surface area contributed by atoms with Crippen LogP contribution in [0.4, 0.5) is 4.79 Å². The van der Waals surface area contributed by atoms with E-state index in [1.165, 1.54) is 0 Å². The number of alkyl carbamates (subject to hydrolysis) is 1. The molecule has 0 heterocycles. The lowest BCUT2D eigenvalue weighted by Gasteiger charge is -2.05. The van der Waals surface area contributed by atoms with E-state index in [1.54, 1.807) is 0 Å². The topological polar surface area (TPSA) is 58.6 Å². The summed E-state index contributed by atoms with van der Waals surface area (Å²) in [7, 11) is 0. The molecular formula is C20H21NO3. The van der Waals surface area contributed by atoms with Gasteiger partial charge in [-0.15, -0.1) is 0 Å². The number of aryl methyl sites for hydroxylation is 1. The molecule has 0 unspecified atom stereocenters. The van der Waals surface area contributed by atoms with Gasteiger partial charge in [0.25, 0.3) is 0 Å². The average molecular weight is 323 g/mol. The number of nitrogens with one attached hydrogen (secondary N) is 1. The molecule has 0 aromatic heterocycles. The smallest absolute Gasteiger partial charge is 0.407 e. The Labute approximate surface area is 142 Å². The van der Waals surface area contributed by atoms with Gasteiger partial charge in [0, 0.05) is 18.5 Å². The summed E-state index contributed by atoms with van der Waals surface area (Å²) in [4.78, 5) is 11.6. The Morgan fingerprint density at radius 1 is 1.21 bits per heavy atom. The van der Waals surface area contributed by atoms with Crippen LogP contribution in [0.15, 0.2) is 48.5 Å². The van der Waals surface area contributed by atoms with Crippen molar-refractivity contribution in [1.82, 2.24) is 5.32 Å². The standard InChI is InChI=1S/C20H21NO3/c1-16-13-17(10-11-19(16)14-22)7-5-6-12-21-20(23)24-15-18-8-3-2-4-9-18/h2-4,8-11,13,22H,6,12,14-15H2,1H3,(H,21,23). The van der Waals surface area contributed by atoms with Crippen molar-refractivity contribution in [1.29, 1.82) is 0 Å². The van der Waals surface area contributed by atoms with Crippen molar-refractivity contribution in [2.75, 3.05) is 6.54 Å². The molecule has 2 aromatic rings. The molecule has 0 spiro atoms. The number of amides is 1. The van der Waals surface area contributed by atoms with Gasteiger partial charge in [-0.25, -0.2) is 4.79 Å². The van der Waals surface area contributed by atoms with Crippen molar-refractivity contribution in [3.63, 3.8) is 0 Å². The summed E-state index contributed by atoms with van der Waals surface area (Å²) < 4.78 is 5.11. The normalized spacial score (nSPS) is 9.75. The quantitative estimate of drug-likeness (QED) is 0.656. The van der Waals surface area contributed by atoms with E-state index < -0.39 is 6.09 Å². The van der Waals surface area contributed by atoms with Crippen LogP contribution in [-0.4, -0.2) is 17.7 Å². The van der Waals surface area contributed by atoms with Crippen LogP contribution < -0.4 is 5.32 Å². The zero-order valence-electron chi connectivity index (χ0n) is 13.7. The fourth-order valence-corrected chi connectivity index (χ4v) is 2.12. The van der Waals surface area contributed by atoms with Gasteiger partial charge in [-0.2, -0.15) is 0 Å². The molecule has 4 nitrogen and oxygen atoms in total. The molecule has 2 N–H and O–H groups in total. The maximum Gasteiger partial charge on any atom is 0.407 e. The lowest BCUT2D eigenvalue weighted by atomic mass is 10.1. The summed E-state index contributed by atoms with van der Waals surface area (Å²) in [6, 6.07) is 15.2. The minimum atomic E-state index is -0.441. The zero-order chi connectivity index (χ0) is 17.2. The van der Waals surface area contributed by atoms with E-state index in [0.717, 1.165) is 22.3 Å². The van der Waals surface area contributed by atoms with Gasteiger partial charge in [0.15, 0.2) is 0 Å². The van der Waals surface area contributed by atoms with Gasteiger partial charge in [0.1, 0.15) is 6.61 Å². The predicted molar refractivity (Wildman–Crippen MR) is 93.2 cm³/mol. The van der Waals surface area contributed by atoms with Gasteiger partial charge in [0.2, 0.25) is 0 Å². The molecule has 0 aliphatic heterocycles. The van der Waals surface area contributed by atoms with Crippen molar-refractivity contribution in [3.05, 3.63) is 70.8 Å². The Morgan fingerprint density at radius 3 is 2.71 bits per heavy atom. The highest BCUT2D eigenvalue weighted by Crippen LogP contribution is 2.10. The first-order valence-corrected chi connectivity index (χ1v) is 7.83. The molecule has 2 rings (SSSR count). The molecule has 0 saturated heterocycles. The predicted octanol–water partition coefficient (Wildman–Crippen LogP) is 3.16. The minimum Gasteiger partial charge on any atom is -0.445 e. The molecule has 0 aliphatic rings. The Kier molecular flexibility index (Phi) is 6.88. The molecule has 0 atom stereocenters. The van der Waals surface area contributed by atoms with Crippen molar-refractivity contribution in [2.45, 2.75) is 26.6 Å². The number of ether oxygens (including phenoxy) is 1. The van der Waals surface area contributed by atoms with Crippen molar-refractivity contribution in [2.24, 2.45) is 0 Å². The van der Waals surface area contributed by atoms with E-state index >= 15 is 0 Å². The molecular weight excluding hydrogens is 302 g/mol. The molecule has 0 saturated carbocycles. The summed E-state index contributed by atoms with van der Waals surface area (Å²) in [5.74, 6) is 6.06. The monoisotopic (exact) mass is 323 g/mol. The first kappa shape index (κ1) is 17.6. The lowest BCUT2D eigenvalue weighted by Crippen LogP contribution is -2.24. The van der Waals surface area contributed by atoms with E-state index in [4.69, 9.17) is 9.84 Å². The van der Waals surface area contributed by atoms with Crippen molar-refractivity contribution < 1.29 is 14.6 Å². The van der Waals surface area contributed by atoms with Crippen LogP contribution in [0.2, 0.25) is 0 Å². The number of aliphatic hydroxyl groups excluding tert-OH is 1. The van der Waals surface area contributed by atoms with Crippen molar-refractivity contribution in [3.8, 4) is 11.8 Å². The number of benzene rings is 2. The second kappa shape index (κ2) is 9.39. The number of hydrogen-bond donors (Lipinski definition) is 2. The first-order chi connectivity index (χ1) is 11.7. The number of rotatable bonds is 5. The summed E-state index contributed by atoms with van der Waals surface area (Å²) in [5, 5.41) is 11.8.